The van der Waals surface area contributed by atoms with Gasteiger partial charge in [-0.15, -0.1) is 0 Å². The van der Waals surface area contributed by atoms with Gasteiger partial charge >= 0.3 is 5.97 Å². The van der Waals surface area contributed by atoms with Crippen LogP contribution in [0.4, 0.5) is 5.69 Å². The highest BCUT2D eigenvalue weighted by Crippen LogP contribution is 2.25. The van der Waals surface area contributed by atoms with E-state index in [1.807, 2.05) is 0 Å². The zero-order valence-corrected chi connectivity index (χ0v) is 12.8. The van der Waals surface area contributed by atoms with Crippen LogP contribution < -0.4 is 10.6 Å². The second-order valence-corrected chi connectivity index (χ2v) is 4.85. The minimum atomic E-state index is -1.20. The van der Waals surface area contributed by atoms with E-state index in [1.165, 1.54) is 12.1 Å². The van der Waals surface area contributed by atoms with Gasteiger partial charge in [0.15, 0.2) is 0 Å². The molecule has 1 aromatic carbocycles. The summed E-state index contributed by atoms with van der Waals surface area (Å²) in [6, 6.07) is 2.66. The molecule has 0 saturated heterocycles. The number of nitrogens with zero attached hydrogens (tertiary/aromatic N) is 1. The molecule has 1 aromatic rings. The van der Waals surface area contributed by atoms with Crippen LogP contribution in [-0.2, 0) is 9.59 Å². The van der Waals surface area contributed by atoms with Gasteiger partial charge in [0, 0.05) is 6.07 Å². The van der Waals surface area contributed by atoms with Crippen LogP contribution in [0.5, 0.6) is 0 Å². The van der Waals surface area contributed by atoms with Crippen molar-refractivity contribution < 1.29 is 24.4 Å². The van der Waals surface area contributed by atoms with Crippen LogP contribution in [0, 0.1) is 10.1 Å². The molecule has 0 aliphatic carbocycles. The molecule has 124 valence electrons. The Bertz CT molecular complexity index is 649. The summed E-state index contributed by atoms with van der Waals surface area (Å²) in [7, 11) is 0. The van der Waals surface area contributed by atoms with Gasteiger partial charge in [-0.25, -0.2) is 4.79 Å². The summed E-state index contributed by atoms with van der Waals surface area (Å²) in [6.07, 6.45) is 0.172. The third-order valence-corrected chi connectivity index (χ3v) is 3.18. The minimum absolute atomic E-state index is 0.130. The Kier molecular flexibility index (Phi) is 6.46. The summed E-state index contributed by atoms with van der Waals surface area (Å²) in [6.45, 7) is 1.04. The normalized spacial score (nSPS) is 11.4. The van der Waals surface area contributed by atoms with Gasteiger partial charge in [0.25, 0.3) is 11.6 Å². The fraction of sp³-hybridized carbons (Fsp3) is 0.308. The number of rotatable bonds is 7. The number of nitro groups is 1. The number of hydrogen-bond donors (Lipinski definition) is 3. The molecule has 23 heavy (non-hydrogen) atoms. The topological polar surface area (TPSA) is 139 Å². The summed E-state index contributed by atoms with van der Waals surface area (Å²) in [4.78, 5) is 44.5. The number of benzene rings is 1. The molecule has 1 rings (SSSR count). The fourth-order valence-corrected chi connectivity index (χ4v) is 1.98. The van der Waals surface area contributed by atoms with Crippen LogP contribution in [0.25, 0.3) is 0 Å². The Morgan fingerprint density at radius 2 is 2.04 bits per heavy atom. The van der Waals surface area contributed by atoms with Gasteiger partial charge in [0.1, 0.15) is 11.6 Å². The van der Waals surface area contributed by atoms with E-state index in [-0.39, 0.29) is 17.0 Å². The number of hydrogen-bond acceptors (Lipinski definition) is 5. The third kappa shape index (κ3) is 4.92. The SMILES string of the molecule is CCC(NC(=O)CNC(=O)c1c(Cl)cccc1[N+](=O)[O-])C(=O)O. The molecular formula is C13H14ClN3O6. The van der Waals surface area contributed by atoms with Crippen molar-refractivity contribution in [2.45, 2.75) is 19.4 Å². The first-order chi connectivity index (χ1) is 10.8. The molecule has 0 bridgehead atoms. The molecule has 2 amide bonds. The van der Waals surface area contributed by atoms with Gasteiger partial charge in [0.05, 0.1) is 16.5 Å². The molecular weight excluding hydrogens is 330 g/mol. The highest BCUT2D eigenvalue weighted by atomic mass is 35.5. The van der Waals surface area contributed by atoms with Crippen LogP contribution in [0.3, 0.4) is 0 Å². The Hall–Kier alpha value is -2.68. The summed E-state index contributed by atoms with van der Waals surface area (Å²) in [5, 5.41) is 24.0. The molecule has 0 radical (unpaired) electrons. The first-order valence-electron chi connectivity index (χ1n) is 6.51. The molecule has 0 aliphatic heterocycles. The van der Waals surface area contributed by atoms with Gasteiger partial charge in [-0.05, 0) is 12.5 Å². The monoisotopic (exact) mass is 343 g/mol. The largest absolute Gasteiger partial charge is 0.480 e. The Labute approximate surface area is 135 Å². The van der Waals surface area contributed by atoms with Crippen molar-refractivity contribution in [2.24, 2.45) is 0 Å². The van der Waals surface area contributed by atoms with Gasteiger partial charge in [0.2, 0.25) is 5.91 Å². The van der Waals surface area contributed by atoms with E-state index >= 15 is 0 Å². The van der Waals surface area contributed by atoms with Crippen molar-refractivity contribution in [1.82, 2.24) is 10.6 Å². The number of nitrogens with one attached hydrogen (secondary N) is 2. The number of carboxylic acids is 1. The second-order valence-electron chi connectivity index (χ2n) is 4.44. The summed E-state index contributed by atoms with van der Waals surface area (Å²) < 4.78 is 0. The summed E-state index contributed by atoms with van der Waals surface area (Å²) >= 11 is 5.79. The fourth-order valence-electron chi connectivity index (χ4n) is 1.72. The van der Waals surface area contributed by atoms with Crippen LogP contribution in [0.2, 0.25) is 5.02 Å². The molecule has 10 heteroatoms. The lowest BCUT2D eigenvalue weighted by Gasteiger charge is -2.12. The standard InChI is InChI=1S/C13H14ClN3O6/c1-2-8(13(20)21)16-10(18)6-15-12(19)11-7(14)4-3-5-9(11)17(22)23/h3-5,8H,2,6H2,1H3,(H,15,19)(H,16,18)(H,20,21). The first kappa shape index (κ1) is 18.4. The predicted molar refractivity (Wildman–Crippen MR) is 80.3 cm³/mol. The smallest absolute Gasteiger partial charge is 0.326 e. The highest BCUT2D eigenvalue weighted by Gasteiger charge is 2.24. The number of carbonyl (C=O) groups is 3. The Balaban J connectivity index is 2.77. The van der Waals surface area contributed by atoms with E-state index in [1.54, 1.807) is 6.92 Å². The maximum absolute atomic E-state index is 12.0. The van der Waals surface area contributed by atoms with E-state index in [0.717, 1.165) is 6.07 Å². The van der Waals surface area contributed by atoms with Crippen LogP contribution >= 0.6 is 11.6 Å². The Morgan fingerprint density at radius 3 is 2.57 bits per heavy atom. The lowest BCUT2D eigenvalue weighted by Crippen LogP contribution is -2.45. The third-order valence-electron chi connectivity index (χ3n) is 2.87. The van der Waals surface area contributed by atoms with E-state index in [2.05, 4.69) is 10.6 Å². The van der Waals surface area contributed by atoms with Crippen molar-refractivity contribution in [2.75, 3.05) is 6.54 Å². The second kappa shape index (κ2) is 8.08. The molecule has 1 unspecified atom stereocenters. The molecule has 1 atom stereocenters. The maximum atomic E-state index is 12.0. The van der Waals surface area contributed by atoms with Crippen molar-refractivity contribution in [3.05, 3.63) is 38.9 Å². The van der Waals surface area contributed by atoms with Crippen LogP contribution in [0.15, 0.2) is 18.2 Å². The number of amides is 2. The summed E-state index contributed by atoms with van der Waals surface area (Å²) in [5.74, 6) is -2.84. The molecule has 0 aromatic heterocycles. The Morgan fingerprint density at radius 1 is 1.39 bits per heavy atom. The molecule has 0 fully saturated rings. The van der Waals surface area contributed by atoms with Gasteiger partial charge in [-0.1, -0.05) is 24.6 Å². The molecule has 0 spiro atoms. The number of carboxylic acid groups (broad SMARTS) is 1. The highest BCUT2D eigenvalue weighted by molar-refractivity contribution is 6.34. The van der Waals surface area contributed by atoms with E-state index < -0.39 is 41.0 Å². The number of carbonyl (C=O) groups excluding carboxylic acids is 2. The van der Waals surface area contributed by atoms with Crippen LogP contribution in [-0.4, -0.2) is 40.4 Å². The average molecular weight is 344 g/mol. The lowest BCUT2D eigenvalue weighted by atomic mass is 10.1. The number of nitro benzene ring substituents is 1. The van der Waals surface area contributed by atoms with E-state index in [9.17, 15) is 24.5 Å². The van der Waals surface area contributed by atoms with E-state index in [4.69, 9.17) is 16.7 Å². The van der Waals surface area contributed by atoms with Gasteiger partial charge in [-0.2, -0.15) is 0 Å². The molecule has 0 saturated carbocycles. The maximum Gasteiger partial charge on any atom is 0.326 e. The quantitative estimate of drug-likeness (QED) is 0.497. The predicted octanol–water partition coefficient (Wildman–Crippen LogP) is 0.957. The number of aliphatic carboxylic acids is 1. The number of halogens is 1. The van der Waals surface area contributed by atoms with Gasteiger partial charge in [-0.3, -0.25) is 19.7 Å². The van der Waals surface area contributed by atoms with Crippen LogP contribution in [0.1, 0.15) is 23.7 Å². The van der Waals surface area contributed by atoms with Gasteiger partial charge < -0.3 is 15.7 Å². The summed E-state index contributed by atoms with van der Waals surface area (Å²) in [5.41, 5.74) is -0.857. The average Bonchev–Trinajstić information content (AvgIpc) is 2.49. The minimum Gasteiger partial charge on any atom is -0.480 e. The molecule has 0 heterocycles. The first-order valence-corrected chi connectivity index (χ1v) is 6.89. The van der Waals surface area contributed by atoms with E-state index in [0.29, 0.717) is 0 Å². The molecule has 0 aliphatic rings. The molecule has 3 N–H and O–H groups in total. The molecule has 9 nitrogen and oxygen atoms in total. The zero-order chi connectivity index (χ0) is 17.6. The lowest BCUT2D eigenvalue weighted by molar-refractivity contribution is -0.385. The van der Waals surface area contributed by atoms with Crippen molar-refractivity contribution in [3.63, 3.8) is 0 Å². The van der Waals surface area contributed by atoms with Crippen molar-refractivity contribution in [1.29, 1.82) is 0 Å². The van der Waals surface area contributed by atoms with Crippen molar-refractivity contribution in [3.8, 4) is 0 Å². The zero-order valence-electron chi connectivity index (χ0n) is 12.0. The van der Waals surface area contributed by atoms with Crippen molar-refractivity contribution >= 4 is 35.1 Å².